The third-order valence-electron chi connectivity index (χ3n) is 2.93. The quantitative estimate of drug-likeness (QED) is 0.782. The molecular formula is C16H12Cl3NO3. The number of halogens is 3. The highest BCUT2D eigenvalue weighted by atomic mass is 35.5. The van der Waals surface area contributed by atoms with Gasteiger partial charge >= 0.3 is 5.97 Å². The predicted molar refractivity (Wildman–Crippen MR) is 91.4 cm³/mol. The molecule has 0 aliphatic heterocycles. The van der Waals surface area contributed by atoms with E-state index in [2.05, 4.69) is 5.32 Å². The zero-order chi connectivity index (χ0) is 17.0. The Morgan fingerprint density at radius 2 is 1.57 bits per heavy atom. The van der Waals surface area contributed by atoms with E-state index in [4.69, 9.17) is 39.5 Å². The number of benzene rings is 2. The minimum atomic E-state index is -1.02. The van der Waals surface area contributed by atoms with Crippen molar-refractivity contribution in [3.05, 3.63) is 63.1 Å². The van der Waals surface area contributed by atoms with E-state index in [0.717, 1.165) is 0 Å². The minimum absolute atomic E-state index is 0.0296. The molecule has 0 saturated carbocycles. The second-order valence-electron chi connectivity index (χ2n) is 4.64. The number of carbonyl (C=O) groups is 2. The van der Waals surface area contributed by atoms with Gasteiger partial charge < -0.3 is 10.1 Å². The Morgan fingerprint density at radius 1 is 1.00 bits per heavy atom. The lowest BCUT2D eigenvalue weighted by molar-refractivity contribution is -0.123. The Balaban J connectivity index is 2.03. The van der Waals surface area contributed by atoms with Crippen LogP contribution in [0.4, 0.5) is 5.69 Å². The minimum Gasteiger partial charge on any atom is -0.449 e. The van der Waals surface area contributed by atoms with Crippen LogP contribution in [0.25, 0.3) is 0 Å². The van der Waals surface area contributed by atoms with Crippen LogP contribution < -0.4 is 5.32 Å². The Morgan fingerprint density at radius 3 is 2.13 bits per heavy atom. The molecule has 0 spiro atoms. The van der Waals surface area contributed by atoms with Crippen molar-refractivity contribution in [3.8, 4) is 0 Å². The van der Waals surface area contributed by atoms with Gasteiger partial charge in [0.1, 0.15) is 0 Å². The maximum absolute atomic E-state index is 12.1. The summed E-state index contributed by atoms with van der Waals surface area (Å²) < 4.78 is 5.11. The zero-order valence-electron chi connectivity index (χ0n) is 12.0. The number of ether oxygens (including phenoxy) is 1. The molecule has 4 nitrogen and oxygen atoms in total. The molecule has 0 bridgehead atoms. The molecule has 0 heterocycles. The number of anilines is 1. The molecule has 0 radical (unpaired) electrons. The molecule has 1 N–H and O–H groups in total. The fraction of sp³-hybridized carbons (Fsp3) is 0.125. The molecule has 0 unspecified atom stereocenters. The van der Waals surface area contributed by atoms with E-state index >= 15 is 0 Å². The van der Waals surface area contributed by atoms with Gasteiger partial charge in [0.15, 0.2) is 6.10 Å². The molecule has 0 saturated heterocycles. The van der Waals surface area contributed by atoms with E-state index in [0.29, 0.717) is 10.7 Å². The lowest BCUT2D eigenvalue weighted by atomic mass is 10.2. The Bertz CT molecular complexity index is 712. The molecule has 1 amide bonds. The summed E-state index contributed by atoms with van der Waals surface area (Å²) in [6.45, 7) is 1.45. The molecule has 0 aromatic heterocycles. The fourth-order valence-corrected chi connectivity index (χ4v) is 2.42. The molecule has 2 aromatic carbocycles. The van der Waals surface area contributed by atoms with E-state index in [-0.39, 0.29) is 15.6 Å². The monoisotopic (exact) mass is 371 g/mol. The summed E-state index contributed by atoms with van der Waals surface area (Å²) in [5.41, 5.74) is 0.569. The second kappa shape index (κ2) is 7.68. The first-order valence-corrected chi connectivity index (χ1v) is 7.73. The van der Waals surface area contributed by atoms with Gasteiger partial charge in [-0.25, -0.2) is 4.79 Å². The van der Waals surface area contributed by atoms with Gasteiger partial charge in [-0.15, -0.1) is 0 Å². The standard InChI is InChI=1S/C16H12Cl3NO3/c1-9(15(21)20-11-7-5-10(17)6-8-11)23-16(22)14-12(18)3-2-4-13(14)19/h2-9H,1H3,(H,20,21)/t9-/m0/s1. The number of carbonyl (C=O) groups excluding carboxylic acids is 2. The van der Waals surface area contributed by atoms with Gasteiger partial charge in [0, 0.05) is 10.7 Å². The first-order valence-electron chi connectivity index (χ1n) is 6.60. The smallest absolute Gasteiger partial charge is 0.341 e. The SMILES string of the molecule is C[C@H](OC(=O)c1c(Cl)cccc1Cl)C(=O)Nc1ccc(Cl)cc1. The number of hydrogen-bond acceptors (Lipinski definition) is 3. The van der Waals surface area contributed by atoms with Crippen LogP contribution in [0, 0.1) is 0 Å². The van der Waals surface area contributed by atoms with Crippen molar-refractivity contribution >= 4 is 52.4 Å². The Kier molecular flexibility index (Phi) is 5.88. The van der Waals surface area contributed by atoms with Crippen molar-refractivity contribution in [1.29, 1.82) is 0 Å². The van der Waals surface area contributed by atoms with E-state index in [1.54, 1.807) is 30.3 Å². The summed E-state index contributed by atoms with van der Waals surface area (Å²) in [7, 11) is 0. The van der Waals surface area contributed by atoms with Crippen molar-refractivity contribution in [3.63, 3.8) is 0 Å². The number of nitrogens with one attached hydrogen (secondary N) is 1. The highest BCUT2D eigenvalue weighted by Crippen LogP contribution is 2.25. The molecule has 120 valence electrons. The molecule has 1 atom stereocenters. The lowest BCUT2D eigenvalue weighted by Crippen LogP contribution is -2.30. The van der Waals surface area contributed by atoms with Crippen molar-refractivity contribution in [2.45, 2.75) is 13.0 Å². The second-order valence-corrected chi connectivity index (χ2v) is 5.89. The number of esters is 1. The lowest BCUT2D eigenvalue weighted by Gasteiger charge is -2.14. The van der Waals surface area contributed by atoms with Gasteiger partial charge in [-0.3, -0.25) is 4.79 Å². The third-order valence-corrected chi connectivity index (χ3v) is 3.81. The highest BCUT2D eigenvalue weighted by molar-refractivity contribution is 6.39. The maximum atomic E-state index is 12.1. The van der Waals surface area contributed by atoms with Crippen LogP contribution in [0.15, 0.2) is 42.5 Å². The highest BCUT2D eigenvalue weighted by Gasteiger charge is 2.22. The molecule has 2 rings (SSSR count). The van der Waals surface area contributed by atoms with Crippen molar-refractivity contribution in [1.82, 2.24) is 0 Å². The summed E-state index contributed by atoms with van der Waals surface area (Å²) in [6.07, 6.45) is -1.02. The molecular weight excluding hydrogens is 361 g/mol. The summed E-state index contributed by atoms with van der Waals surface area (Å²) in [6, 6.07) is 11.2. The van der Waals surface area contributed by atoms with Crippen molar-refractivity contribution in [2.24, 2.45) is 0 Å². The van der Waals surface area contributed by atoms with Crippen LogP contribution >= 0.6 is 34.8 Å². The molecule has 0 aliphatic rings. The topological polar surface area (TPSA) is 55.4 Å². The van der Waals surface area contributed by atoms with Crippen LogP contribution in [-0.4, -0.2) is 18.0 Å². The van der Waals surface area contributed by atoms with E-state index < -0.39 is 18.0 Å². The van der Waals surface area contributed by atoms with Crippen LogP contribution in [0.3, 0.4) is 0 Å². The zero-order valence-corrected chi connectivity index (χ0v) is 14.2. The Labute approximate surface area is 148 Å². The molecule has 2 aromatic rings. The summed E-state index contributed by atoms with van der Waals surface area (Å²) in [5, 5.41) is 3.49. The van der Waals surface area contributed by atoms with E-state index in [1.165, 1.54) is 19.1 Å². The Hall–Kier alpha value is -1.75. The van der Waals surface area contributed by atoms with Crippen molar-refractivity contribution in [2.75, 3.05) is 5.32 Å². The van der Waals surface area contributed by atoms with Crippen LogP contribution in [0.5, 0.6) is 0 Å². The van der Waals surface area contributed by atoms with Gasteiger partial charge in [-0.1, -0.05) is 40.9 Å². The molecule has 23 heavy (non-hydrogen) atoms. The summed E-state index contributed by atoms with van der Waals surface area (Å²) in [4.78, 5) is 24.2. The number of hydrogen-bond donors (Lipinski definition) is 1. The average Bonchev–Trinajstić information content (AvgIpc) is 2.49. The van der Waals surface area contributed by atoms with Gasteiger partial charge in [-0.05, 0) is 43.3 Å². The van der Waals surface area contributed by atoms with E-state index in [9.17, 15) is 9.59 Å². The van der Waals surface area contributed by atoms with Gasteiger partial charge in [-0.2, -0.15) is 0 Å². The molecule has 0 aliphatic carbocycles. The third kappa shape index (κ3) is 4.61. The largest absolute Gasteiger partial charge is 0.449 e. The normalized spacial score (nSPS) is 11.7. The summed E-state index contributed by atoms with van der Waals surface area (Å²) >= 11 is 17.6. The fourth-order valence-electron chi connectivity index (χ4n) is 1.74. The van der Waals surface area contributed by atoms with Gasteiger partial charge in [0.25, 0.3) is 5.91 Å². The van der Waals surface area contributed by atoms with Crippen LogP contribution in [0.2, 0.25) is 15.1 Å². The first-order chi connectivity index (χ1) is 10.9. The van der Waals surface area contributed by atoms with Gasteiger partial charge in [0.05, 0.1) is 15.6 Å². The van der Waals surface area contributed by atoms with Crippen LogP contribution in [0.1, 0.15) is 17.3 Å². The number of amides is 1. The molecule has 0 fully saturated rings. The molecule has 7 heteroatoms. The van der Waals surface area contributed by atoms with Crippen molar-refractivity contribution < 1.29 is 14.3 Å². The average molecular weight is 373 g/mol. The van der Waals surface area contributed by atoms with Gasteiger partial charge in [0.2, 0.25) is 0 Å². The maximum Gasteiger partial charge on any atom is 0.341 e. The summed E-state index contributed by atoms with van der Waals surface area (Å²) in [5.74, 6) is -1.25. The van der Waals surface area contributed by atoms with Crippen LogP contribution in [-0.2, 0) is 9.53 Å². The number of rotatable bonds is 4. The predicted octanol–water partition coefficient (Wildman–Crippen LogP) is 4.83. The van der Waals surface area contributed by atoms with E-state index in [1.807, 2.05) is 0 Å². The first kappa shape index (κ1) is 17.6.